The molecule has 3 rings (SSSR count). The monoisotopic (exact) mass is 342 g/mol. The number of aromatic nitrogens is 5. The summed E-state index contributed by atoms with van der Waals surface area (Å²) in [6.07, 6.45) is 3.34. The van der Waals surface area contributed by atoms with Crippen molar-refractivity contribution >= 4 is 5.91 Å². The van der Waals surface area contributed by atoms with Gasteiger partial charge in [-0.05, 0) is 43.2 Å². The standard InChI is InChI=1S/C17H19FN6O/c1-11-8-13(18)4-5-15(11)12(2)24-10-14(21-22-24)9-19-17(25)16-6-7-20-23(16)3/h4-8,10,12H,9H2,1-3H3,(H,19,25)/t12-/m0/s1. The lowest BCUT2D eigenvalue weighted by molar-refractivity contribution is 0.0941. The molecule has 0 aliphatic rings. The van der Waals surface area contributed by atoms with E-state index in [0.29, 0.717) is 11.4 Å². The fourth-order valence-corrected chi connectivity index (χ4v) is 2.69. The van der Waals surface area contributed by atoms with E-state index in [1.807, 2.05) is 13.8 Å². The van der Waals surface area contributed by atoms with Gasteiger partial charge in [-0.3, -0.25) is 9.48 Å². The Kier molecular flexibility index (Phi) is 4.60. The maximum absolute atomic E-state index is 13.3. The highest BCUT2D eigenvalue weighted by molar-refractivity contribution is 5.92. The van der Waals surface area contributed by atoms with Gasteiger partial charge in [-0.15, -0.1) is 5.10 Å². The fraction of sp³-hybridized carbons (Fsp3) is 0.294. The van der Waals surface area contributed by atoms with Crippen molar-refractivity contribution in [2.75, 3.05) is 0 Å². The molecule has 0 saturated heterocycles. The summed E-state index contributed by atoms with van der Waals surface area (Å²) in [7, 11) is 1.71. The Morgan fingerprint density at radius 2 is 2.16 bits per heavy atom. The Labute approximate surface area is 144 Å². The lowest BCUT2D eigenvalue weighted by atomic mass is 10.0. The third kappa shape index (κ3) is 3.57. The number of aryl methyl sites for hydroxylation is 2. The van der Waals surface area contributed by atoms with Gasteiger partial charge in [-0.2, -0.15) is 5.10 Å². The second-order valence-electron chi connectivity index (χ2n) is 5.89. The van der Waals surface area contributed by atoms with Gasteiger partial charge in [0.1, 0.15) is 17.2 Å². The number of nitrogens with one attached hydrogen (secondary N) is 1. The molecule has 2 aromatic heterocycles. The van der Waals surface area contributed by atoms with Gasteiger partial charge in [0, 0.05) is 13.2 Å². The van der Waals surface area contributed by atoms with Crippen LogP contribution in [0.4, 0.5) is 4.39 Å². The van der Waals surface area contributed by atoms with Crippen molar-refractivity contribution in [1.29, 1.82) is 0 Å². The summed E-state index contributed by atoms with van der Waals surface area (Å²) >= 11 is 0. The van der Waals surface area contributed by atoms with Gasteiger partial charge in [0.25, 0.3) is 5.91 Å². The van der Waals surface area contributed by atoms with Gasteiger partial charge in [0.05, 0.1) is 18.8 Å². The molecule has 0 radical (unpaired) electrons. The second-order valence-corrected chi connectivity index (χ2v) is 5.89. The molecule has 1 atom stereocenters. The van der Waals surface area contributed by atoms with Crippen molar-refractivity contribution in [1.82, 2.24) is 30.1 Å². The maximum Gasteiger partial charge on any atom is 0.269 e. The maximum atomic E-state index is 13.3. The van der Waals surface area contributed by atoms with E-state index in [1.54, 1.807) is 36.3 Å². The second kappa shape index (κ2) is 6.84. The average molecular weight is 342 g/mol. The number of rotatable bonds is 5. The molecule has 3 aromatic rings. The number of hydrogen-bond donors (Lipinski definition) is 1. The first-order valence-corrected chi connectivity index (χ1v) is 7.88. The van der Waals surface area contributed by atoms with Crippen LogP contribution in [0.2, 0.25) is 0 Å². The Morgan fingerprint density at radius 1 is 1.36 bits per heavy atom. The van der Waals surface area contributed by atoms with E-state index in [4.69, 9.17) is 0 Å². The van der Waals surface area contributed by atoms with Crippen LogP contribution in [0, 0.1) is 12.7 Å². The number of nitrogens with zero attached hydrogens (tertiary/aromatic N) is 5. The molecule has 0 aliphatic heterocycles. The van der Waals surface area contributed by atoms with Gasteiger partial charge in [-0.1, -0.05) is 11.3 Å². The Balaban J connectivity index is 1.68. The van der Waals surface area contributed by atoms with Crippen molar-refractivity contribution < 1.29 is 9.18 Å². The Hall–Kier alpha value is -3.03. The summed E-state index contributed by atoms with van der Waals surface area (Å²) in [5.74, 6) is -0.484. The summed E-state index contributed by atoms with van der Waals surface area (Å²) < 4.78 is 16.5. The Morgan fingerprint density at radius 3 is 2.84 bits per heavy atom. The number of benzene rings is 1. The molecule has 0 bridgehead atoms. The highest BCUT2D eigenvalue weighted by atomic mass is 19.1. The highest BCUT2D eigenvalue weighted by Gasteiger charge is 2.14. The van der Waals surface area contributed by atoms with E-state index < -0.39 is 0 Å². The molecule has 130 valence electrons. The minimum Gasteiger partial charge on any atom is -0.345 e. The minimum atomic E-state index is -0.259. The highest BCUT2D eigenvalue weighted by Crippen LogP contribution is 2.21. The molecule has 0 aliphatic carbocycles. The summed E-state index contributed by atoms with van der Waals surface area (Å²) in [5.41, 5.74) is 2.94. The first-order chi connectivity index (χ1) is 12.0. The van der Waals surface area contributed by atoms with Crippen LogP contribution in [-0.2, 0) is 13.6 Å². The molecule has 0 spiro atoms. The van der Waals surface area contributed by atoms with Crippen LogP contribution in [0.3, 0.4) is 0 Å². The topological polar surface area (TPSA) is 77.6 Å². The van der Waals surface area contributed by atoms with Crippen molar-refractivity contribution in [3.63, 3.8) is 0 Å². The summed E-state index contributed by atoms with van der Waals surface area (Å²) in [4.78, 5) is 12.1. The van der Waals surface area contributed by atoms with E-state index in [2.05, 4.69) is 20.7 Å². The van der Waals surface area contributed by atoms with Crippen LogP contribution in [-0.4, -0.2) is 30.7 Å². The number of hydrogen-bond acceptors (Lipinski definition) is 4. The number of carbonyl (C=O) groups excluding carboxylic acids is 1. The normalized spacial score (nSPS) is 12.2. The third-order valence-corrected chi connectivity index (χ3v) is 4.12. The lowest BCUT2D eigenvalue weighted by Gasteiger charge is -2.14. The molecule has 0 saturated carbocycles. The van der Waals surface area contributed by atoms with Crippen LogP contribution in [0.1, 0.15) is 40.3 Å². The van der Waals surface area contributed by atoms with Gasteiger partial charge >= 0.3 is 0 Å². The number of halogens is 1. The molecule has 1 amide bonds. The van der Waals surface area contributed by atoms with Crippen molar-refractivity contribution in [2.45, 2.75) is 26.4 Å². The van der Waals surface area contributed by atoms with E-state index in [1.165, 1.54) is 16.8 Å². The van der Waals surface area contributed by atoms with Gasteiger partial charge in [0.2, 0.25) is 0 Å². The van der Waals surface area contributed by atoms with Gasteiger partial charge < -0.3 is 5.32 Å². The molecular weight excluding hydrogens is 323 g/mol. The summed E-state index contributed by atoms with van der Waals surface area (Å²) in [5, 5.41) is 15.0. The molecule has 1 N–H and O–H groups in total. The van der Waals surface area contributed by atoms with Gasteiger partial charge in [-0.25, -0.2) is 9.07 Å². The van der Waals surface area contributed by atoms with E-state index in [0.717, 1.165) is 11.1 Å². The smallest absolute Gasteiger partial charge is 0.269 e. The molecule has 0 unspecified atom stereocenters. The third-order valence-electron chi connectivity index (χ3n) is 4.12. The zero-order valence-electron chi connectivity index (χ0n) is 14.3. The van der Waals surface area contributed by atoms with Gasteiger partial charge in [0.15, 0.2) is 0 Å². The summed E-state index contributed by atoms with van der Waals surface area (Å²) in [6.45, 7) is 4.09. The van der Waals surface area contributed by atoms with E-state index >= 15 is 0 Å². The van der Waals surface area contributed by atoms with Crippen LogP contribution in [0.5, 0.6) is 0 Å². The minimum absolute atomic E-state index is 0.0883. The predicted octanol–water partition coefficient (Wildman–Crippen LogP) is 2.00. The molecule has 2 heterocycles. The van der Waals surface area contributed by atoms with Crippen molar-refractivity contribution in [3.05, 3.63) is 65.0 Å². The SMILES string of the molecule is Cc1cc(F)ccc1[C@H](C)n1cc(CNC(=O)c2ccnn2C)nn1. The summed E-state index contributed by atoms with van der Waals surface area (Å²) in [6, 6.07) is 6.24. The van der Waals surface area contributed by atoms with Crippen LogP contribution < -0.4 is 5.32 Å². The lowest BCUT2D eigenvalue weighted by Crippen LogP contribution is -2.25. The predicted molar refractivity (Wildman–Crippen MR) is 89.4 cm³/mol. The zero-order valence-corrected chi connectivity index (χ0v) is 14.3. The molecule has 25 heavy (non-hydrogen) atoms. The van der Waals surface area contributed by atoms with Crippen molar-refractivity contribution in [3.8, 4) is 0 Å². The Bertz CT molecular complexity index is 900. The largest absolute Gasteiger partial charge is 0.345 e. The molecular formula is C17H19FN6O. The molecule has 0 fully saturated rings. The molecule has 7 nitrogen and oxygen atoms in total. The number of amides is 1. The van der Waals surface area contributed by atoms with E-state index in [-0.39, 0.29) is 24.3 Å². The van der Waals surface area contributed by atoms with Crippen LogP contribution in [0.15, 0.2) is 36.7 Å². The van der Waals surface area contributed by atoms with Crippen molar-refractivity contribution in [2.24, 2.45) is 7.05 Å². The average Bonchev–Trinajstić information content (AvgIpc) is 3.21. The fourth-order valence-electron chi connectivity index (χ4n) is 2.69. The first kappa shape index (κ1) is 16.8. The molecule has 1 aromatic carbocycles. The van der Waals surface area contributed by atoms with E-state index in [9.17, 15) is 9.18 Å². The zero-order chi connectivity index (χ0) is 18.0. The van der Waals surface area contributed by atoms with Crippen LogP contribution in [0.25, 0.3) is 0 Å². The quantitative estimate of drug-likeness (QED) is 0.769. The first-order valence-electron chi connectivity index (χ1n) is 7.88. The molecule has 8 heteroatoms. The van der Waals surface area contributed by atoms with Crippen LogP contribution >= 0.6 is 0 Å². The number of carbonyl (C=O) groups is 1.